The second kappa shape index (κ2) is 10.6. The van der Waals surface area contributed by atoms with Gasteiger partial charge in [0.2, 0.25) is 0 Å². The predicted octanol–water partition coefficient (Wildman–Crippen LogP) is 2.05. The van der Waals surface area contributed by atoms with Gasteiger partial charge in [-0.05, 0) is 18.2 Å². The van der Waals surface area contributed by atoms with Crippen LogP contribution in [0.2, 0.25) is 0 Å². The van der Waals surface area contributed by atoms with E-state index in [1.807, 2.05) is 0 Å². The number of rotatable bonds is 3. The minimum Gasteiger partial charge on any atom is -0.488 e. The molecule has 3 rings (SSSR count). The van der Waals surface area contributed by atoms with Gasteiger partial charge in [-0.3, -0.25) is 4.79 Å². The van der Waals surface area contributed by atoms with Crippen LogP contribution in [0.5, 0.6) is 5.75 Å². The highest BCUT2D eigenvalue weighted by Crippen LogP contribution is 2.30. The molecule has 0 bridgehead atoms. The molecule has 0 aliphatic carbocycles. The van der Waals surface area contributed by atoms with Crippen molar-refractivity contribution in [3.8, 4) is 11.8 Å². The lowest BCUT2D eigenvalue weighted by molar-refractivity contribution is 0.101. The van der Waals surface area contributed by atoms with Crippen LogP contribution in [-0.4, -0.2) is 39.5 Å². The SMILES string of the molecule is Cn1cc2c(c1C(=O)Nc1ccc(F)c(C#N)c1)OCCNS2=O.OCC=C(F)F. The number of aromatic nitrogens is 1. The van der Waals surface area contributed by atoms with Crippen molar-refractivity contribution in [3.63, 3.8) is 0 Å². The molecule has 1 atom stereocenters. The minimum absolute atomic E-state index is 0.167. The van der Waals surface area contributed by atoms with Crippen molar-refractivity contribution in [1.82, 2.24) is 9.29 Å². The summed E-state index contributed by atoms with van der Waals surface area (Å²) in [6.45, 7) is 0.0933. The first-order valence-corrected chi connectivity index (χ1v) is 9.53. The molecule has 30 heavy (non-hydrogen) atoms. The number of anilines is 1. The number of nitrogens with one attached hydrogen (secondary N) is 2. The third kappa shape index (κ3) is 5.69. The Morgan fingerprint density at radius 1 is 1.50 bits per heavy atom. The van der Waals surface area contributed by atoms with Gasteiger partial charge >= 0.3 is 0 Å². The number of halogens is 3. The summed E-state index contributed by atoms with van der Waals surface area (Å²) in [5.41, 5.74) is 0.311. The van der Waals surface area contributed by atoms with E-state index in [1.54, 1.807) is 19.3 Å². The summed E-state index contributed by atoms with van der Waals surface area (Å²) in [5.74, 6) is -0.915. The first-order valence-electron chi connectivity index (χ1n) is 8.38. The van der Waals surface area contributed by atoms with Crippen molar-refractivity contribution in [2.24, 2.45) is 7.05 Å². The summed E-state index contributed by atoms with van der Waals surface area (Å²) >= 11 is 0. The zero-order chi connectivity index (χ0) is 22.3. The van der Waals surface area contributed by atoms with Crippen LogP contribution in [0.25, 0.3) is 0 Å². The zero-order valence-electron chi connectivity index (χ0n) is 15.6. The molecule has 1 aliphatic rings. The lowest BCUT2D eigenvalue weighted by atomic mass is 10.2. The highest BCUT2D eigenvalue weighted by atomic mass is 32.2. The molecule has 0 fully saturated rings. The van der Waals surface area contributed by atoms with Gasteiger partial charge in [-0.25, -0.2) is 13.3 Å². The van der Waals surface area contributed by atoms with Crippen LogP contribution in [0.15, 0.2) is 41.4 Å². The van der Waals surface area contributed by atoms with Crippen LogP contribution < -0.4 is 14.8 Å². The Labute approximate surface area is 172 Å². The van der Waals surface area contributed by atoms with Crippen molar-refractivity contribution in [2.45, 2.75) is 4.90 Å². The standard InChI is InChI=1S/C15H13FN4O3S.C3H4F2O/c1-20-8-12-14(23-5-4-18-24(12)22)13(20)15(21)19-10-2-3-11(16)9(6-10)7-17;4-3(5)1-2-6/h2-3,6,8,18H,4-5H2,1H3,(H,19,21);1,6H,2H2. The summed E-state index contributed by atoms with van der Waals surface area (Å²) in [5, 5.41) is 19.1. The monoisotopic (exact) mass is 442 g/mol. The number of nitriles is 1. The second-order valence-corrected chi connectivity index (χ2v) is 7.00. The molecule has 1 aromatic heterocycles. The average molecular weight is 442 g/mol. The summed E-state index contributed by atoms with van der Waals surface area (Å²) in [6, 6.07) is 5.42. The smallest absolute Gasteiger partial charge is 0.276 e. The molecule has 8 nitrogen and oxygen atoms in total. The molecule has 1 unspecified atom stereocenters. The maximum absolute atomic E-state index is 13.4. The third-order valence-electron chi connectivity index (χ3n) is 3.69. The number of aryl methyl sites for hydroxylation is 1. The van der Waals surface area contributed by atoms with Gasteiger partial charge in [0.25, 0.3) is 12.0 Å². The molecule has 0 saturated heterocycles. The van der Waals surface area contributed by atoms with Crippen LogP contribution in [-0.2, 0) is 18.0 Å². The maximum atomic E-state index is 13.4. The normalized spacial score (nSPS) is 14.7. The molecule has 0 radical (unpaired) electrons. The highest BCUT2D eigenvalue weighted by Gasteiger charge is 2.27. The van der Waals surface area contributed by atoms with E-state index in [0.29, 0.717) is 17.5 Å². The van der Waals surface area contributed by atoms with E-state index < -0.39 is 35.4 Å². The number of hydrogen-bond acceptors (Lipinski definition) is 5. The van der Waals surface area contributed by atoms with E-state index in [-0.39, 0.29) is 29.3 Å². The lowest BCUT2D eigenvalue weighted by Crippen LogP contribution is -2.20. The first kappa shape index (κ1) is 23.1. The van der Waals surface area contributed by atoms with Gasteiger partial charge in [-0.15, -0.1) is 0 Å². The predicted molar refractivity (Wildman–Crippen MR) is 102 cm³/mol. The summed E-state index contributed by atoms with van der Waals surface area (Å²) in [6.07, 6.45) is 0.154. The van der Waals surface area contributed by atoms with E-state index in [0.717, 1.165) is 6.07 Å². The van der Waals surface area contributed by atoms with Crippen molar-refractivity contribution < 1.29 is 32.0 Å². The Morgan fingerprint density at radius 2 is 2.23 bits per heavy atom. The molecule has 1 amide bonds. The molecule has 0 saturated carbocycles. The quantitative estimate of drug-likeness (QED) is 0.673. The molecular formula is C18H17F3N4O4S. The molecule has 2 heterocycles. The van der Waals surface area contributed by atoms with E-state index in [4.69, 9.17) is 15.1 Å². The van der Waals surface area contributed by atoms with Crippen LogP contribution >= 0.6 is 0 Å². The summed E-state index contributed by atoms with van der Waals surface area (Å²) < 4.78 is 56.7. The molecule has 1 aromatic carbocycles. The van der Waals surface area contributed by atoms with Crippen LogP contribution in [0.3, 0.4) is 0 Å². The number of carbonyl (C=O) groups excluding carboxylic acids is 1. The van der Waals surface area contributed by atoms with E-state index in [2.05, 4.69) is 10.0 Å². The number of hydrogen-bond donors (Lipinski definition) is 3. The number of nitrogens with zero attached hydrogens (tertiary/aromatic N) is 2. The van der Waals surface area contributed by atoms with Gasteiger partial charge < -0.3 is 19.7 Å². The summed E-state index contributed by atoms with van der Waals surface area (Å²) in [4.78, 5) is 12.9. The largest absolute Gasteiger partial charge is 0.488 e. The molecule has 3 N–H and O–H groups in total. The summed E-state index contributed by atoms with van der Waals surface area (Å²) in [7, 11) is 0.173. The van der Waals surface area contributed by atoms with Gasteiger partial charge in [-0.1, -0.05) is 0 Å². The Morgan fingerprint density at radius 3 is 2.83 bits per heavy atom. The minimum atomic E-state index is -1.84. The van der Waals surface area contributed by atoms with Crippen LogP contribution in [0.1, 0.15) is 16.1 Å². The van der Waals surface area contributed by atoms with E-state index in [9.17, 15) is 22.2 Å². The third-order valence-corrected chi connectivity index (χ3v) is 4.85. The Balaban J connectivity index is 0.000000469. The maximum Gasteiger partial charge on any atom is 0.276 e. The van der Waals surface area contributed by atoms with Crippen molar-refractivity contribution in [1.29, 1.82) is 5.26 Å². The number of ether oxygens (including phenoxy) is 1. The van der Waals surface area contributed by atoms with Gasteiger partial charge in [0, 0.05) is 31.6 Å². The fourth-order valence-electron chi connectivity index (χ4n) is 2.42. The number of aliphatic hydroxyl groups excluding tert-OH is 1. The number of carbonyl (C=O) groups is 1. The van der Waals surface area contributed by atoms with Crippen LogP contribution in [0, 0.1) is 17.1 Å². The molecular weight excluding hydrogens is 425 g/mol. The van der Waals surface area contributed by atoms with E-state index in [1.165, 1.54) is 16.7 Å². The van der Waals surface area contributed by atoms with Crippen LogP contribution in [0.4, 0.5) is 18.9 Å². The second-order valence-electron chi connectivity index (χ2n) is 5.73. The average Bonchev–Trinajstić information content (AvgIpc) is 2.93. The number of aliphatic hydroxyl groups is 1. The lowest BCUT2D eigenvalue weighted by Gasteiger charge is -2.09. The van der Waals surface area contributed by atoms with Crippen molar-refractivity contribution in [2.75, 3.05) is 25.1 Å². The zero-order valence-corrected chi connectivity index (χ0v) is 16.4. The molecule has 2 aromatic rings. The van der Waals surface area contributed by atoms with Gasteiger partial charge in [0.15, 0.2) is 11.4 Å². The topological polar surface area (TPSA) is 116 Å². The fourth-order valence-corrected chi connectivity index (χ4v) is 3.43. The fraction of sp³-hybridized carbons (Fsp3) is 0.222. The molecule has 12 heteroatoms. The number of benzene rings is 1. The molecule has 1 aliphatic heterocycles. The first-order chi connectivity index (χ1) is 14.3. The number of fused-ring (bicyclic) bond motifs is 1. The van der Waals surface area contributed by atoms with Crippen molar-refractivity contribution >= 4 is 22.6 Å². The molecule has 160 valence electrons. The number of amides is 1. The van der Waals surface area contributed by atoms with Gasteiger partial charge in [-0.2, -0.15) is 14.0 Å². The molecule has 0 spiro atoms. The Hall–Kier alpha value is -3.14. The highest BCUT2D eigenvalue weighted by molar-refractivity contribution is 7.83. The van der Waals surface area contributed by atoms with Crippen molar-refractivity contribution in [3.05, 3.63) is 53.6 Å². The Bertz CT molecular complexity index is 1030. The van der Waals surface area contributed by atoms with Gasteiger partial charge in [0.05, 0.1) is 12.2 Å². The van der Waals surface area contributed by atoms with E-state index >= 15 is 0 Å². The Kier molecular flexibility index (Phi) is 8.16. The van der Waals surface area contributed by atoms with Gasteiger partial charge in [0.1, 0.15) is 34.4 Å².